The van der Waals surface area contributed by atoms with E-state index in [0.717, 1.165) is 35.6 Å². The Balaban J connectivity index is 0.000000136. The molecule has 3 nitrogen and oxygen atoms in total. The van der Waals surface area contributed by atoms with Gasteiger partial charge >= 0.3 is 0 Å². The first-order chi connectivity index (χ1) is 19.1. The van der Waals surface area contributed by atoms with Crippen LogP contribution >= 0.6 is 0 Å². The normalized spacial score (nSPS) is 37.6. The lowest BCUT2D eigenvalue weighted by Crippen LogP contribution is -2.36. The van der Waals surface area contributed by atoms with Gasteiger partial charge in [0.05, 0.1) is 0 Å². The van der Waals surface area contributed by atoms with Crippen LogP contribution in [0.1, 0.15) is 141 Å². The van der Waals surface area contributed by atoms with Crippen LogP contribution in [-0.4, -0.2) is 74.6 Å². The first kappa shape index (κ1) is 31.8. The van der Waals surface area contributed by atoms with Crippen molar-refractivity contribution in [2.45, 2.75) is 147 Å². The molecule has 6 unspecified atom stereocenters. The van der Waals surface area contributed by atoms with Crippen LogP contribution in [0.4, 0.5) is 0 Å². The maximum atomic E-state index is 2.64. The molecule has 6 rings (SSSR count). The number of likely N-dealkylation sites (tertiary alicyclic amines) is 3. The summed E-state index contributed by atoms with van der Waals surface area (Å²) < 4.78 is 0. The van der Waals surface area contributed by atoms with Crippen LogP contribution in [0.2, 0.25) is 0 Å². The average Bonchev–Trinajstić information content (AvgIpc) is 3.53. The van der Waals surface area contributed by atoms with E-state index in [1.807, 2.05) is 0 Å². The van der Waals surface area contributed by atoms with Crippen molar-refractivity contribution in [2.75, 3.05) is 53.9 Å². The highest BCUT2D eigenvalue weighted by atomic mass is 15.1. The van der Waals surface area contributed by atoms with Crippen molar-refractivity contribution < 1.29 is 0 Å². The third-order valence-corrected chi connectivity index (χ3v) is 12.1. The van der Waals surface area contributed by atoms with Gasteiger partial charge in [0, 0.05) is 12.6 Å². The third-order valence-electron chi connectivity index (χ3n) is 12.1. The van der Waals surface area contributed by atoms with Gasteiger partial charge in [-0.2, -0.15) is 0 Å². The van der Waals surface area contributed by atoms with E-state index in [1.165, 1.54) is 174 Å². The quantitative estimate of drug-likeness (QED) is 0.302. The van der Waals surface area contributed by atoms with E-state index in [-0.39, 0.29) is 0 Å². The maximum absolute atomic E-state index is 2.64. The summed E-state index contributed by atoms with van der Waals surface area (Å²) in [5.41, 5.74) is 0. The third kappa shape index (κ3) is 10.9. The zero-order chi connectivity index (χ0) is 27.3. The van der Waals surface area contributed by atoms with E-state index in [0.29, 0.717) is 0 Å². The highest BCUT2D eigenvalue weighted by molar-refractivity contribution is 4.83. The second-order valence-corrected chi connectivity index (χ2v) is 15.0. The summed E-state index contributed by atoms with van der Waals surface area (Å²) in [6.45, 7) is 6.77. The van der Waals surface area contributed by atoms with Crippen molar-refractivity contribution in [2.24, 2.45) is 29.6 Å². The fraction of sp³-hybridized carbons (Fsp3) is 1.00. The Morgan fingerprint density at radius 1 is 0.333 bits per heavy atom. The number of hydrogen-bond donors (Lipinski definition) is 0. The van der Waals surface area contributed by atoms with Gasteiger partial charge in [-0.15, -0.1) is 0 Å². The number of hydrogen-bond acceptors (Lipinski definition) is 3. The largest absolute Gasteiger partial charge is 0.306 e. The molecule has 3 aliphatic heterocycles. The summed E-state index contributed by atoms with van der Waals surface area (Å²) in [4.78, 5) is 7.72. The minimum Gasteiger partial charge on any atom is -0.306 e. The van der Waals surface area contributed by atoms with Gasteiger partial charge in [-0.05, 0) is 135 Å². The van der Waals surface area contributed by atoms with Gasteiger partial charge in [0.2, 0.25) is 0 Å². The van der Waals surface area contributed by atoms with E-state index in [4.69, 9.17) is 0 Å². The Hall–Kier alpha value is -0.120. The highest BCUT2D eigenvalue weighted by Gasteiger charge is 2.29. The molecule has 0 N–H and O–H groups in total. The van der Waals surface area contributed by atoms with Crippen LogP contribution in [0.3, 0.4) is 0 Å². The second kappa shape index (κ2) is 17.7. The van der Waals surface area contributed by atoms with Gasteiger partial charge in [-0.25, -0.2) is 0 Å². The predicted octanol–water partition coefficient (Wildman–Crippen LogP) is 8.87. The van der Waals surface area contributed by atoms with E-state index in [2.05, 4.69) is 35.8 Å². The van der Waals surface area contributed by atoms with Gasteiger partial charge in [-0.3, -0.25) is 0 Å². The molecule has 3 heteroatoms. The fourth-order valence-electron chi connectivity index (χ4n) is 9.52. The van der Waals surface area contributed by atoms with E-state index in [1.54, 1.807) is 0 Å². The van der Waals surface area contributed by atoms with Crippen LogP contribution in [0.15, 0.2) is 0 Å². The molecule has 3 saturated carbocycles. The molecule has 39 heavy (non-hydrogen) atoms. The predicted molar refractivity (Wildman–Crippen MR) is 170 cm³/mol. The first-order valence-corrected chi connectivity index (χ1v) is 18.2. The topological polar surface area (TPSA) is 9.72 Å². The summed E-state index contributed by atoms with van der Waals surface area (Å²) in [6.07, 6.45) is 32.9. The number of nitrogens with zero attached hydrogens (tertiary/aromatic N) is 3. The molecule has 6 atom stereocenters. The maximum Gasteiger partial charge on any atom is 0.0120 e. The molecule has 0 aromatic carbocycles. The highest BCUT2D eigenvalue weighted by Crippen LogP contribution is 2.36. The number of rotatable bonds is 0. The average molecular weight is 544 g/mol. The van der Waals surface area contributed by atoms with Gasteiger partial charge in [0.1, 0.15) is 0 Å². The van der Waals surface area contributed by atoms with E-state index >= 15 is 0 Å². The molecule has 6 aliphatic rings. The Morgan fingerprint density at radius 3 is 1.41 bits per heavy atom. The molecule has 0 aromatic rings. The lowest BCUT2D eigenvalue weighted by molar-refractivity contribution is 0.181. The molecule has 0 spiro atoms. The molecule has 228 valence electrons. The lowest BCUT2D eigenvalue weighted by Gasteiger charge is -2.30. The van der Waals surface area contributed by atoms with E-state index < -0.39 is 0 Å². The van der Waals surface area contributed by atoms with Crippen molar-refractivity contribution in [3.05, 3.63) is 0 Å². The zero-order valence-electron chi connectivity index (χ0n) is 26.9. The van der Waals surface area contributed by atoms with Crippen molar-refractivity contribution in [3.63, 3.8) is 0 Å². The SMILES string of the molecule is CN1CCC2CCCCCC2CC1.CN1CCCC2CCCCCC2C1.CN1CCCCC2CCCCCC21. The molecular formula is C36H69N3. The van der Waals surface area contributed by atoms with Gasteiger partial charge in [-0.1, -0.05) is 83.5 Å². The smallest absolute Gasteiger partial charge is 0.0120 e. The molecule has 6 fully saturated rings. The summed E-state index contributed by atoms with van der Waals surface area (Å²) in [7, 11) is 6.92. The van der Waals surface area contributed by atoms with E-state index in [9.17, 15) is 0 Å². The Labute approximate surface area is 245 Å². The second-order valence-electron chi connectivity index (χ2n) is 15.0. The van der Waals surface area contributed by atoms with Crippen molar-refractivity contribution in [1.82, 2.24) is 14.7 Å². The Bertz CT molecular complexity index is 614. The summed E-state index contributed by atoms with van der Waals surface area (Å²) >= 11 is 0. The molecule has 3 saturated heterocycles. The molecule has 0 bridgehead atoms. The fourth-order valence-corrected chi connectivity index (χ4v) is 9.52. The molecule has 0 amide bonds. The van der Waals surface area contributed by atoms with Gasteiger partial charge in [0.25, 0.3) is 0 Å². The van der Waals surface area contributed by atoms with Crippen LogP contribution in [0, 0.1) is 29.6 Å². The van der Waals surface area contributed by atoms with Crippen LogP contribution in [0.25, 0.3) is 0 Å². The summed E-state index contributed by atoms with van der Waals surface area (Å²) in [5, 5.41) is 0. The van der Waals surface area contributed by atoms with Crippen molar-refractivity contribution >= 4 is 0 Å². The number of fused-ring (bicyclic) bond motifs is 3. The van der Waals surface area contributed by atoms with Gasteiger partial charge in [0.15, 0.2) is 0 Å². The molecule has 0 aromatic heterocycles. The lowest BCUT2D eigenvalue weighted by atomic mass is 9.84. The minimum atomic E-state index is 0.935. The van der Waals surface area contributed by atoms with Crippen molar-refractivity contribution in [3.8, 4) is 0 Å². The Kier molecular flexibility index (Phi) is 14.5. The monoisotopic (exact) mass is 544 g/mol. The molecular weight excluding hydrogens is 474 g/mol. The van der Waals surface area contributed by atoms with Crippen molar-refractivity contribution in [1.29, 1.82) is 0 Å². The zero-order valence-corrected chi connectivity index (χ0v) is 26.9. The van der Waals surface area contributed by atoms with Crippen LogP contribution in [-0.2, 0) is 0 Å². The van der Waals surface area contributed by atoms with Crippen LogP contribution in [0.5, 0.6) is 0 Å². The summed E-state index contributed by atoms with van der Waals surface area (Å²) in [6, 6.07) is 0.935. The molecule has 3 heterocycles. The van der Waals surface area contributed by atoms with Gasteiger partial charge < -0.3 is 14.7 Å². The first-order valence-electron chi connectivity index (χ1n) is 18.2. The minimum absolute atomic E-state index is 0.935. The van der Waals surface area contributed by atoms with Crippen LogP contribution < -0.4 is 0 Å². The molecule has 0 radical (unpaired) electrons. The standard InChI is InChI=1S/3C12H23N/c1-13-10-6-5-8-11-7-3-2-4-9-12(11)13;1-13-9-5-8-11-6-3-2-4-7-12(11)10-13;1-13-9-7-11-5-3-2-4-6-12(11)8-10-13/h3*11-12H,2-10H2,1H3. The Morgan fingerprint density at radius 2 is 0.795 bits per heavy atom. The molecule has 3 aliphatic carbocycles. The summed E-state index contributed by atoms with van der Waals surface area (Å²) in [5.74, 6) is 5.30.